The lowest BCUT2D eigenvalue weighted by Gasteiger charge is -2.43. The minimum atomic E-state index is -0.418. The summed E-state index contributed by atoms with van der Waals surface area (Å²) in [5.74, 6) is 1.20. The Bertz CT molecular complexity index is 1480. The summed E-state index contributed by atoms with van der Waals surface area (Å²) in [5.41, 5.74) is 3.73. The summed E-state index contributed by atoms with van der Waals surface area (Å²) in [6.45, 7) is 5.68. The van der Waals surface area contributed by atoms with Crippen molar-refractivity contribution in [3.05, 3.63) is 60.2 Å². The van der Waals surface area contributed by atoms with E-state index < -0.39 is 5.82 Å². The van der Waals surface area contributed by atoms with Crippen LogP contribution in [0.4, 0.5) is 16.2 Å². The number of nitrogens with zero attached hydrogens (tertiary/aromatic N) is 5. The Morgan fingerprint density at radius 2 is 1.92 bits per heavy atom. The van der Waals surface area contributed by atoms with Gasteiger partial charge in [-0.05, 0) is 48.2 Å². The molecule has 1 aromatic carbocycles. The zero-order valence-corrected chi connectivity index (χ0v) is 22.0. The van der Waals surface area contributed by atoms with Crippen LogP contribution >= 0.6 is 0 Å². The Morgan fingerprint density at radius 1 is 1.10 bits per heavy atom. The minimum Gasteiger partial charge on any atom is -0.481 e. The molecule has 0 amide bonds. The van der Waals surface area contributed by atoms with Gasteiger partial charge in [0, 0.05) is 62.5 Å². The topological polar surface area (TPSA) is 99.3 Å². The zero-order valence-electron chi connectivity index (χ0n) is 22.0. The van der Waals surface area contributed by atoms with Crippen molar-refractivity contribution >= 4 is 29.1 Å². The molecule has 0 bridgehead atoms. The Labute approximate surface area is 226 Å². The Hall–Kier alpha value is -3.89. The quantitative estimate of drug-likeness (QED) is 0.308. The molecule has 1 saturated heterocycles. The van der Waals surface area contributed by atoms with Gasteiger partial charge in [-0.25, -0.2) is 19.3 Å². The van der Waals surface area contributed by atoms with Gasteiger partial charge in [-0.2, -0.15) is 0 Å². The number of H-pyrrole nitrogens is 1. The third-order valence-corrected chi connectivity index (χ3v) is 7.91. The van der Waals surface area contributed by atoms with E-state index in [0.717, 1.165) is 69.3 Å². The van der Waals surface area contributed by atoms with Crippen molar-refractivity contribution in [1.29, 1.82) is 0 Å². The van der Waals surface area contributed by atoms with E-state index in [4.69, 9.17) is 4.74 Å². The molecule has 3 aromatic heterocycles. The van der Waals surface area contributed by atoms with Gasteiger partial charge in [0.1, 0.15) is 17.9 Å². The van der Waals surface area contributed by atoms with Crippen molar-refractivity contribution in [3.8, 4) is 17.0 Å². The largest absolute Gasteiger partial charge is 0.481 e. The molecular weight excluding hydrogens is 497 g/mol. The lowest BCUT2D eigenvalue weighted by atomic mass is 9.69. The minimum absolute atomic E-state index is 0.0885. The van der Waals surface area contributed by atoms with Crippen LogP contribution in [0, 0.1) is 11.2 Å². The molecule has 6 rings (SSSR count). The smallest absolute Gasteiger partial charge is 0.213 e. The highest BCUT2D eigenvalue weighted by Crippen LogP contribution is 2.39. The van der Waals surface area contributed by atoms with Gasteiger partial charge in [-0.3, -0.25) is 9.80 Å². The van der Waals surface area contributed by atoms with Gasteiger partial charge in [0.15, 0.2) is 0 Å². The van der Waals surface area contributed by atoms with Crippen molar-refractivity contribution in [2.75, 3.05) is 45.2 Å². The highest BCUT2D eigenvalue weighted by molar-refractivity contribution is 5.84. The molecular formula is C29H32FN7O2. The number of hydrogen-bond donors (Lipinski definition) is 2. The maximum Gasteiger partial charge on any atom is 0.213 e. The number of aldehydes is 1. The molecule has 1 aliphatic carbocycles. The SMILES string of the molecule is COc1cc(-c2ccc3nc(Nc4cc(CN5CCN(CC6(C=O)CCC6)CC5)ccn4)[nH]c3c2)c(F)cn1. The Balaban J connectivity index is 1.09. The number of pyridine rings is 2. The second kappa shape index (κ2) is 10.7. The van der Waals surface area contributed by atoms with Crippen LogP contribution in [0.25, 0.3) is 22.2 Å². The van der Waals surface area contributed by atoms with Crippen LogP contribution < -0.4 is 10.1 Å². The van der Waals surface area contributed by atoms with Gasteiger partial charge < -0.3 is 19.8 Å². The molecule has 0 atom stereocenters. The first-order chi connectivity index (χ1) is 19.0. The number of aromatic amines is 1. The summed E-state index contributed by atoms with van der Waals surface area (Å²) in [4.78, 5) is 32.7. The van der Waals surface area contributed by atoms with Crippen LogP contribution in [-0.4, -0.2) is 75.9 Å². The molecule has 0 radical (unpaired) electrons. The number of nitrogens with one attached hydrogen (secondary N) is 2. The normalized spacial score (nSPS) is 17.6. The first-order valence-electron chi connectivity index (χ1n) is 13.4. The molecule has 10 heteroatoms. The van der Waals surface area contributed by atoms with Crippen LogP contribution in [0.2, 0.25) is 0 Å². The molecule has 2 aliphatic rings. The maximum atomic E-state index is 14.4. The van der Waals surface area contributed by atoms with Gasteiger partial charge in [0.2, 0.25) is 11.8 Å². The second-order valence-corrected chi connectivity index (χ2v) is 10.6. The summed E-state index contributed by atoms with van der Waals surface area (Å²) < 4.78 is 19.6. The van der Waals surface area contributed by atoms with Gasteiger partial charge in [-0.1, -0.05) is 12.5 Å². The third-order valence-electron chi connectivity index (χ3n) is 7.91. The van der Waals surface area contributed by atoms with E-state index in [1.807, 2.05) is 30.3 Å². The molecule has 39 heavy (non-hydrogen) atoms. The van der Waals surface area contributed by atoms with Gasteiger partial charge in [0.25, 0.3) is 0 Å². The predicted molar refractivity (Wildman–Crippen MR) is 147 cm³/mol. The Kier molecular flexibility index (Phi) is 6.97. The summed E-state index contributed by atoms with van der Waals surface area (Å²) >= 11 is 0. The lowest BCUT2D eigenvalue weighted by molar-refractivity contribution is -0.122. The van der Waals surface area contributed by atoms with Crippen molar-refractivity contribution in [2.24, 2.45) is 5.41 Å². The number of aromatic nitrogens is 4. The number of ether oxygens (including phenoxy) is 1. The van der Waals surface area contributed by atoms with E-state index in [2.05, 4.69) is 35.1 Å². The van der Waals surface area contributed by atoms with Gasteiger partial charge >= 0.3 is 0 Å². The molecule has 0 unspecified atom stereocenters. The summed E-state index contributed by atoms with van der Waals surface area (Å²) in [7, 11) is 1.50. The van der Waals surface area contributed by atoms with Gasteiger partial charge in [-0.15, -0.1) is 0 Å². The number of rotatable bonds is 9. The number of carbonyl (C=O) groups excluding carboxylic acids is 1. The standard InChI is InChI=1S/C29H32FN7O2/c1-39-27-15-22(23(30)16-32-27)21-3-4-24-25(14-21)34-28(33-24)35-26-13-20(5-8-31-26)17-36-9-11-37(12-10-36)18-29(19-38)6-2-7-29/h3-5,8,13-16,19H,2,6-7,9-12,17-18H2,1H3,(H2,31,33,34,35). The number of anilines is 2. The third kappa shape index (κ3) is 5.48. The number of benzene rings is 1. The van der Waals surface area contributed by atoms with Crippen LogP contribution in [0.3, 0.4) is 0 Å². The van der Waals surface area contributed by atoms with Crippen LogP contribution in [-0.2, 0) is 11.3 Å². The van der Waals surface area contributed by atoms with E-state index in [-0.39, 0.29) is 5.41 Å². The molecule has 1 aliphatic heterocycles. The molecule has 202 valence electrons. The van der Waals surface area contributed by atoms with Crippen molar-refractivity contribution < 1.29 is 13.9 Å². The predicted octanol–water partition coefficient (Wildman–Crippen LogP) is 4.40. The molecule has 2 fully saturated rings. The summed E-state index contributed by atoms with van der Waals surface area (Å²) in [6, 6.07) is 11.2. The number of piperazine rings is 1. The van der Waals surface area contributed by atoms with E-state index in [1.54, 1.807) is 12.3 Å². The molecule has 4 heterocycles. The van der Waals surface area contributed by atoms with Crippen molar-refractivity contribution in [2.45, 2.75) is 25.8 Å². The van der Waals surface area contributed by atoms with Crippen molar-refractivity contribution in [1.82, 2.24) is 29.7 Å². The number of fused-ring (bicyclic) bond motifs is 1. The molecule has 0 spiro atoms. The fraction of sp³-hybridized carbons (Fsp3) is 0.379. The molecule has 4 aromatic rings. The molecule has 9 nitrogen and oxygen atoms in total. The van der Waals surface area contributed by atoms with Crippen LogP contribution in [0.1, 0.15) is 24.8 Å². The van der Waals surface area contributed by atoms with E-state index in [0.29, 0.717) is 28.8 Å². The number of carbonyl (C=O) groups is 1. The Morgan fingerprint density at radius 3 is 2.67 bits per heavy atom. The summed E-state index contributed by atoms with van der Waals surface area (Å²) in [6.07, 6.45) is 7.40. The average Bonchev–Trinajstić information content (AvgIpc) is 3.33. The highest BCUT2D eigenvalue weighted by Gasteiger charge is 2.38. The van der Waals surface area contributed by atoms with E-state index in [1.165, 1.54) is 25.4 Å². The zero-order chi connectivity index (χ0) is 26.8. The van der Waals surface area contributed by atoms with E-state index >= 15 is 0 Å². The first-order valence-corrected chi connectivity index (χ1v) is 13.4. The van der Waals surface area contributed by atoms with Crippen LogP contribution in [0.5, 0.6) is 5.88 Å². The monoisotopic (exact) mass is 529 g/mol. The summed E-state index contributed by atoms with van der Waals surface area (Å²) in [5, 5.41) is 3.27. The fourth-order valence-electron chi connectivity index (χ4n) is 5.50. The van der Waals surface area contributed by atoms with E-state index in [9.17, 15) is 9.18 Å². The van der Waals surface area contributed by atoms with Gasteiger partial charge in [0.05, 0.1) is 24.3 Å². The number of halogens is 1. The van der Waals surface area contributed by atoms with Crippen LogP contribution in [0.15, 0.2) is 48.8 Å². The number of hydrogen-bond acceptors (Lipinski definition) is 8. The second-order valence-electron chi connectivity index (χ2n) is 10.6. The van der Waals surface area contributed by atoms with Crippen molar-refractivity contribution in [3.63, 3.8) is 0 Å². The highest BCUT2D eigenvalue weighted by atomic mass is 19.1. The molecule has 1 saturated carbocycles. The lowest BCUT2D eigenvalue weighted by Crippen LogP contribution is -2.51. The molecule has 2 N–H and O–H groups in total. The maximum absolute atomic E-state index is 14.4. The first kappa shape index (κ1) is 25.4. The average molecular weight is 530 g/mol. The number of methoxy groups -OCH3 is 1. The number of imidazole rings is 1. The fourth-order valence-corrected chi connectivity index (χ4v) is 5.50.